The third-order valence-electron chi connectivity index (χ3n) is 4.76. The van der Waals surface area contributed by atoms with Gasteiger partial charge >= 0.3 is 5.97 Å². The topological polar surface area (TPSA) is 107 Å². The second-order valence-corrected chi connectivity index (χ2v) is 6.83. The summed E-state index contributed by atoms with van der Waals surface area (Å²) in [7, 11) is 3.07. The van der Waals surface area contributed by atoms with E-state index in [0.717, 1.165) is 5.56 Å². The summed E-state index contributed by atoms with van der Waals surface area (Å²) in [4.78, 5) is 37.9. The molecule has 0 radical (unpaired) electrons. The number of furan rings is 1. The van der Waals surface area contributed by atoms with Crippen molar-refractivity contribution in [3.8, 4) is 11.5 Å². The summed E-state index contributed by atoms with van der Waals surface area (Å²) in [5.74, 6) is 0.0557. The van der Waals surface area contributed by atoms with E-state index in [0.29, 0.717) is 23.8 Å². The van der Waals surface area contributed by atoms with Crippen molar-refractivity contribution < 1.29 is 33.0 Å². The van der Waals surface area contributed by atoms with Crippen LogP contribution in [-0.4, -0.2) is 50.1 Å². The molecule has 3 rings (SSSR count). The number of amides is 2. The number of carbonyl (C=O) groups is 3. The van der Waals surface area contributed by atoms with E-state index in [1.807, 2.05) is 0 Å². The summed E-state index contributed by atoms with van der Waals surface area (Å²) >= 11 is 0. The van der Waals surface area contributed by atoms with E-state index in [1.165, 1.54) is 13.4 Å². The maximum absolute atomic E-state index is 12.2. The summed E-state index contributed by atoms with van der Waals surface area (Å²) in [6.45, 7) is 0.387. The van der Waals surface area contributed by atoms with E-state index >= 15 is 0 Å². The van der Waals surface area contributed by atoms with Gasteiger partial charge < -0.3 is 28.8 Å². The van der Waals surface area contributed by atoms with E-state index in [4.69, 9.17) is 18.6 Å². The Morgan fingerprint density at radius 1 is 1.20 bits per heavy atom. The van der Waals surface area contributed by atoms with Crippen LogP contribution < -0.4 is 14.8 Å². The lowest BCUT2D eigenvalue weighted by Crippen LogP contribution is -2.31. The largest absolute Gasteiger partial charge is 0.493 e. The van der Waals surface area contributed by atoms with Crippen molar-refractivity contribution in [1.82, 2.24) is 10.2 Å². The van der Waals surface area contributed by atoms with Gasteiger partial charge in [0.1, 0.15) is 5.76 Å². The van der Waals surface area contributed by atoms with Gasteiger partial charge in [0.05, 0.1) is 32.9 Å². The average Bonchev–Trinajstić information content (AvgIpc) is 3.40. The van der Waals surface area contributed by atoms with Gasteiger partial charge in [-0.3, -0.25) is 14.4 Å². The number of carbonyl (C=O) groups excluding carboxylic acids is 3. The standard InChI is InChI=1S/C21H24N2O7/c1-27-17-6-5-14(8-18(17)28-2)10-22-19(24)13-30-21(26)15-9-20(25)23(11-15)12-16-4-3-7-29-16/h3-8,15H,9-13H2,1-2H3,(H,22,24)/t15-/m1/s1. The van der Waals surface area contributed by atoms with Gasteiger partial charge in [0.15, 0.2) is 18.1 Å². The molecule has 0 saturated carbocycles. The minimum absolute atomic E-state index is 0.0623. The first-order valence-corrected chi connectivity index (χ1v) is 9.44. The van der Waals surface area contributed by atoms with Gasteiger partial charge in [-0.1, -0.05) is 6.07 Å². The molecule has 1 fully saturated rings. The first-order chi connectivity index (χ1) is 14.5. The number of esters is 1. The van der Waals surface area contributed by atoms with Crippen molar-refractivity contribution in [3.05, 3.63) is 47.9 Å². The molecule has 1 aliphatic rings. The van der Waals surface area contributed by atoms with Crippen LogP contribution in [0.25, 0.3) is 0 Å². The van der Waals surface area contributed by atoms with Crippen LogP contribution in [0.1, 0.15) is 17.7 Å². The monoisotopic (exact) mass is 416 g/mol. The van der Waals surface area contributed by atoms with Crippen LogP contribution in [0.4, 0.5) is 0 Å². The molecular formula is C21H24N2O7. The summed E-state index contributed by atoms with van der Waals surface area (Å²) in [5.41, 5.74) is 0.808. The van der Waals surface area contributed by atoms with Crippen LogP contribution in [0, 0.1) is 5.92 Å². The third kappa shape index (κ3) is 5.31. The van der Waals surface area contributed by atoms with Crippen molar-refractivity contribution in [1.29, 1.82) is 0 Å². The van der Waals surface area contributed by atoms with Crippen LogP contribution in [-0.2, 0) is 32.2 Å². The SMILES string of the molecule is COc1ccc(CNC(=O)COC(=O)[C@@H]2CC(=O)N(Cc3ccco3)C2)cc1OC. The van der Waals surface area contributed by atoms with Crippen LogP contribution in [0.2, 0.25) is 0 Å². The smallest absolute Gasteiger partial charge is 0.311 e. The maximum Gasteiger partial charge on any atom is 0.311 e. The van der Waals surface area contributed by atoms with Crippen molar-refractivity contribution >= 4 is 17.8 Å². The Morgan fingerprint density at radius 3 is 2.70 bits per heavy atom. The molecule has 1 aliphatic heterocycles. The number of nitrogens with one attached hydrogen (secondary N) is 1. The zero-order valence-electron chi connectivity index (χ0n) is 16.9. The van der Waals surface area contributed by atoms with E-state index in [2.05, 4.69) is 5.32 Å². The highest BCUT2D eigenvalue weighted by atomic mass is 16.5. The van der Waals surface area contributed by atoms with Crippen LogP contribution in [0.3, 0.4) is 0 Å². The Morgan fingerprint density at radius 2 is 2.00 bits per heavy atom. The van der Waals surface area contributed by atoms with E-state index in [1.54, 1.807) is 42.3 Å². The number of benzene rings is 1. The normalized spacial score (nSPS) is 15.7. The molecular weight excluding hydrogens is 392 g/mol. The Labute approximate surface area is 173 Å². The number of ether oxygens (including phenoxy) is 3. The second kappa shape index (κ2) is 9.82. The van der Waals surface area contributed by atoms with Crippen molar-refractivity contribution in [2.45, 2.75) is 19.5 Å². The second-order valence-electron chi connectivity index (χ2n) is 6.83. The highest BCUT2D eigenvalue weighted by Gasteiger charge is 2.35. The molecule has 0 aliphatic carbocycles. The Kier molecular flexibility index (Phi) is 6.95. The van der Waals surface area contributed by atoms with Crippen LogP contribution >= 0.6 is 0 Å². The molecule has 1 saturated heterocycles. The number of methoxy groups -OCH3 is 2. The molecule has 160 valence electrons. The van der Waals surface area contributed by atoms with Crippen molar-refractivity contribution in [2.75, 3.05) is 27.4 Å². The predicted molar refractivity (Wildman–Crippen MR) is 105 cm³/mol. The number of nitrogens with zero attached hydrogens (tertiary/aromatic N) is 1. The summed E-state index contributed by atoms with van der Waals surface area (Å²) in [6, 6.07) is 8.80. The minimum Gasteiger partial charge on any atom is -0.493 e. The lowest BCUT2D eigenvalue weighted by molar-refractivity contribution is -0.152. The highest BCUT2D eigenvalue weighted by molar-refractivity contribution is 5.88. The molecule has 0 bridgehead atoms. The number of hydrogen-bond donors (Lipinski definition) is 1. The Bertz CT molecular complexity index is 895. The molecule has 30 heavy (non-hydrogen) atoms. The molecule has 9 nitrogen and oxygen atoms in total. The molecule has 2 heterocycles. The Balaban J connectivity index is 1.42. The van der Waals surface area contributed by atoms with Crippen molar-refractivity contribution in [3.63, 3.8) is 0 Å². The molecule has 1 atom stereocenters. The predicted octanol–water partition coefficient (Wildman–Crippen LogP) is 1.50. The van der Waals surface area contributed by atoms with Gasteiger partial charge in [-0.15, -0.1) is 0 Å². The molecule has 1 aromatic carbocycles. The fraction of sp³-hybridized carbons (Fsp3) is 0.381. The zero-order valence-corrected chi connectivity index (χ0v) is 16.9. The number of hydrogen-bond acceptors (Lipinski definition) is 7. The van der Waals surface area contributed by atoms with Gasteiger partial charge in [0.2, 0.25) is 5.91 Å². The van der Waals surface area contributed by atoms with E-state index in [9.17, 15) is 14.4 Å². The lowest BCUT2D eigenvalue weighted by atomic mass is 10.1. The number of likely N-dealkylation sites (tertiary alicyclic amines) is 1. The number of rotatable bonds is 9. The highest BCUT2D eigenvalue weighted by Crippen LogP contribution is 2.27. The summed E-state index contributed by atoms with van der Waals surface area (Å²) in [6.07, 6.45) is 1.59. The fourth-order valence-electron chi connectivity index (χ4n) is 3.17. The van der Waals surface area contributed by atoms with E-state index in [-0.39, 0.29) is 25.4 Å². The molecule has 0 spiro atoms. The third-order valence-corrected chi connectivity index (χ3v) is 4.76. The lowest BCUT2D eigenvalue weighted by Gasteiger charge is -2.14. The molecule has 1 N–H and O–H groups in total. The minimum atomic E-state index is -0.592. The first kappa shape index (κ1) is 21.2. The van der Waals surface area contributed by atoms with Gasteiger partial charge in [-0.25, -0.2) is 0 Å². The van der Waals surface area contributed by atoms with Gasteiger partial charge in [-0.05, 0) is 29.8 Å². The summed E-state index contributed by atoms with van der Waals surface area (Å²) in [5, 5.41) is 2.68. The quantitative estimate of drug-likeness (QED) is 0.618. The molecule has 2 amide bonds. The fourth-order valence-corrected chi connectivity index (χ4v) is 3.17. The summed E-state index contributed by atoms with van der Waals surface area (Å²) < 4.78 is 20.7. The molecule has 0 unspecified atom stereocenters. The zero-order chi connectivity index (χ0) is 21.5. The molecule has 2 aromatic rings. The van der Waals surface area contributed by atoms with Gasteiger partial charge in [0.25, 0.3) is 5.91 Å². The maximum atomic E-state index is 12.2. The molecule has 1 aromatic heterocycles. The van der Waals surface area contributed by atoms with Crippen LogP contribution in [0.15, 0.2) is 41.0 Å². The van der Waals surface area contributed by atoms with Gasteiger partial charge in [-0.2, -0.15) is 0 Å². The van der Waals surface area contributed by atoms with Crippen LogP contribution in [0.5, 0.6) is 11.5 Å². The van der Waals surface area contributed by atoms with E-state index < -0.39 is 24.4 Å². The first-order valence-electron chi connectivity index (χ1n) is 9.44. The molecule has 9 heteroatoms. The van der Waals surface area contributed by atoms with Gasteiger partial charge in [0, 0.05) is 19.5 Å². The van der Waals surface area contributed by atoms with Crippen molar-refractivity contribution in [2.24, 2.45) is 5.92 Å². The average molecular weight is 416 g/mol. The Hall–Kier alpha value is -3.49.